The van der Waals surface area contributed by atoms with E-state index in [1.165, 1.54) is 24.2 Å². The van der Waals surface area contributed by atoms with Crippen LogP contribution in [0.4, 0.5) is 0 Å². The molecule has 0 bridgehead atoms. The summed E-state index contributed by atoms with van der Waals surface area (Å²) in [6, 6.07) is 2.15. The summed E-state index contributed by atoms with van der Waals surface area (Å²) in [5, 5.41) is 10.0. The van der Waals surface area contributed by atoms with Crippen molar-refractivity contribution in [3.63, 3.8) is 0 Å². The highest BCUT2D eigenvalue weighted by Gasteiger charge is 2.23. The molecule has 3 heteroatoms. The van der Waals surface area contributed by atoms with Crippen molar-refractivity contribution in [2.75, 3.05) is 13.2 Å². The number of aromatic nitrogens is 1. The molecule has 0 saturated heterocycles. The van der Waals surface area contributed by atoms with E-state index >= 15 is 0 Å². The fraction of sp³-hybridized carbons (Fsp3) is 0.733. The maximum atomic E-state index is 10.0. The van der Waals surface area contributed by atoms with Gasteiger partial charge in [0, 0.05) is 30.1 Å². The molecule has 1 saturated carbocycles. The van der Waals surface area contributed by atoms with Gasteiger partial charge in [-0.15, -0.1) is 0 Å². The van der Waals surface area contributed by atoms with Crippen LogP contribution in [-0.2, 0) is 17.7 Å². The van der Waals surface area contributed by atoms with E-state index in [0.29, 0.717) is 0 Å². The van der Waals surface area contributed by atoms with E-state index in [2.05, 4.69) is 17.6 Å². The Morgan fingerprint density at radius 2 is 2.22 bits per heavy atom. The Morgan fingerprint density at radius 1 is 1.39 bits per heavy atom. The third-order valence-corrected chi connectivity index (χ3v) is 4.21. The Hall–Kier alpha value is -0.800. The first kappa shape index (κ1) is 12.2. The zero-order valence-corrected chi connectivity index (χ0v) is 11.2. The average molecular weight is 249 g/mol. The molecule has 1 aromatic rings. The third-order valence-electron chi connectivity index (χ3n) is 4.21. The van der Waals surface area contributed by atoms with Gasteiger partial charge in [0.15, 0.2) is 0 Å². The molecule has 3 rings (SSSR count). The van der Waals surface area contributed by atoms with Crippen molar-refractivity contribution in [2.24, 2.45) is 5.92 Å². The Balaban J connectivity index is 1.63. The van der Waals surface area contributed by atoms with Crippen LogP contribution in [0.5, 0.6) is 0 Å². The van der Waals surface area contributed by atoms with Crippen molar-refractivity contribution >= 4 is 0 Å². The van der Waals surface area contributed by atoms with Gasteiger partial charge in [-0.1, -0.05) is 0 Å². The van der Waals surface area contributed by atoms with Crippen molar-refractivity contribution in [2.45, 2.75) is 51.7 Å². The predicted molar refractivity (Wildman–Crippen MR) is 70.6 cm³/mol. The van der Waals surface area contributed by atoms with Gasteiger partial charge >= 0.3 is 0 Å². The number of hydrogen-bond donors (Lipinski definition) is 1. The summed E-state index contributed by atoms with van der Waals surface area (Å²) in [6.45, 7) is 4.80. The molecule has 0 aromatic carbocycles. The van der Waals surface area contributed by atoms with Crippen molar-refractivity contribution in [1.29, 1.82) is 0 Å². The lowest BCUT2D eigenvalue weighted by atomic mass is 9.95. The number of rotatable bonds is 5. The molecule has 1 heterocycles. The molecule has 0 aliphatic heterocycles. The normalized spacial score (nSPS) is 23.1. The van der Waals surface area contributed by atoms with Crippen molar-refractivity contribution in [1.82, 2.24) is 4.57 Å². The molecule has 1 N–H and O–H groups in total. The Labute approximate surface area is 109 Å². The summed E-state index contributed by atoms with van der Waals surface area (Å²) in [5.74, 6) is 0.839. The Morgan fingerprint density at radius 3 is 3.00 bits per heavy atom. The summed E-state index contributed by atoms with van der Waals surface area (Å²) in [7, 11) is 0. The van der Waals surface area contributed by atoms with Gasteiger partial charge in [0.25, 0.3) is 0 Å². The standard InChI is InChI=1S/C15H23NO2/c1-11-9-13-14(3-2-4-15(13)17)16(11)7-8-18-10-12-5-6-12/h9,12,15,17H,2-8,10H2,1H3. The zero-order chi connectivity index (χ0) is 12.5. The fourth-order valence-corrected chi connectivity index (χ4v) is 2.94. The van der Waals surface area contributed by atoms with E-state index in [1.54, 1.807) is 0 Å². The van der Waals surface area contributed by atoms with Gasteiger partial charge in [0.05, 0.1) is 12.7 Å². The summed E-state index contributed by atoms with van der Waals surface area (Å²) in [5.41, 5.74) is 3.75. The van der Waals surface area contributed by atoms with Gasteiger partial charge in [0.2, 0.25) is 0 Å². The lowest BCUT2D eigenvalue weighted by Crippen LogP contribution is -2.15. The molecular formula is C15H23NO2. The highest BCUT2D eigenvalue weighted by atomic mass is 16.5. The number of aryl methyl sites for hydroxylation is 1. The summed E-state index contributed by atoms with van der Waals surface area (Å²) < 4.78 is 8.06. The van der Waals surface area contributed by atoms with Gasteiger partial charge in [-0.25, -0.2) is 0 Å². The molecule has 3 nitrogen and oxygen atoms in total. The van der Waals surface area contributed by atoms with Crippen LogP contribution >= 0.6 is 0 Å². The van der Waals surface area contributed by atoms with E-state index < -0.39 is 0 Å². The van der Waals surface area contributed by atoms with Crippen LogP contribution in [0.25, 0.3) is 0 Å². The minimum absolute atomic E-state index is 0.249. The van der Waals surface area contributed by atoms with Crippen molar-refractivity contribution in [3.05, 3.63) is 23.0 Å². The topological polar surface area (TPSA) is 34.4 Å². The second-order valence-corrected chi connectivity index (χ2v) is 5.77. The first-order valence-corrected chi connectivity index (χ1v) is 7.20. The number of aliphatic hydroxyl groups is 1. The lowest BCUT2D eigenvalue weighted by molar-refractivity contribution is 0.115. The minimum atomic E-state index is -0.249. The van der Waals surface area contributed by atoms with Gasteiger partial charge in [-0.05, 0) is 51.0 Å². The van der Waals surface area contributed by atoms with Crippen LogP contribution < -0.4 is 0 Å². The molecule has 2 aliphatic rings. The van der Waals surface area contributed by atoms with Gasteiger partial charge < -0.3 is 14.4 Å². The maximum Gasteiger partial charge on any atom is 0.0807 e. The van der Waals surface area contributed by atoms with E-state index in [0.717, 1.165) is 50.5 Å². The van der Waals surface area contributed by atoms with Gasteiger partial charge in [0.1, 0.15) is 0 Å². The monoisotopic (exact) mass is 249 g/mol. The summed E-state index contributed by atoms with van der Waals surface area (Å²) in [6.07, 6.45) is 5.56. The first-order valence-electron chi connectivity index (χ1n) is 7.20. The minimum Gasteiger partial charge on any atom is -0.388 e. The SMILES string of the molecule is Cc1cc2c(n1CCOCC1CC1)CCCC2O. The van der Waals surface area contributed by atoms with Crippen molar-refractivity contribution < 1.29 is 9.84 Å². The van der Waals surface area contributed by atoms with Crippen molar-refractivity contribution in [3.8, 4) is 0 Å². The molecule has 1 unspecified atom stereocenters. The van der Waals surface area contributed by atoms with E-state index in [-0.39, 0.29) is 6.10 Å². The largest absolute Gasteiger partial charge is 0.388 e. The number of hydrogen-bond acceptors (Lipinski definition) is 2. The molecule has 1 atom stereocenters. The second-order valence-electron chi connectivity index (χ2n) is 5.77. The number of nitrogens with zero attached hydrogens (tertiary/aromatic N) is 1. The molecule has 2 aliphatic carbocycles. The number of ether oxygens (including phenoxy) is 1. The van der Waals surface area contributed by atoms with Gasteiger partial charge in [-0.3, -0.25) is 0 Å². The number of aliphatic hydroxyl groups excluding tert-OH is 1. The number of fused-ring (bicyclic) bond motifs is 1. The van der Waals surface area contributed by atoms with E-state index in [4.69, 9.17) is 4.74 Å². The Bertz CT molecular complexity index is 420. The fourth-order valence-electron chi connectivity index (χ4n) is 2.94. The van der Waals surface area contributed by atoms with Gasteiger partial charge in [-0.2, -0.15) is 0 Å². The molecule has 100 valence electrons. The third kappa shape index (κ3) is 2.47. The van der Waals surface area contributed by atoms with Crippen LogP contribution in [0.3, 0.4) is 0 Å². The van der Waals surface area contributed by atoms with Crippen LogP contribution in [0.15, 0.2) is 6.07 Å². The smallest absolute Gasteiger partial charge is 0.0807 e. The lowest BCUT2D eigenvalue weighted by Gasteiger charge is -2.20. The molecule has 0 spiro atoms. The zero-order valence-electron chi connectivity index (χ0n) is 11.2. The molecular weight excluding hydrogens is 226 g/mol. The molecule has 0 amide bonds. The molecule has 1 fully saturated rings. The van der Waals surface area contributed by atoms with E-state index in [1.807, 2.05) is 0 Å². The Kier molecular flexibility index (Phi) is 3.44. The first-order chi connectivity index (χ1) is 8.75. The van der Waals surface area contributed by atoms with Crippen LogP contribution in [0.2, 0.25) is 0 Å². The predicted octanol–water partition coefficient (Wildman–Crippen LogP) is 2.59. The highest BCUT2D eigenvalue weighted by molar-refractivity contribution is 5.31. The molecule has 1 aromatic heterocycles. The maximum absolute atomic E-state index is 10.0. The molecule has 0 radical (unpaired) electrons. The summed E-state index contributed by atoms with van der Waals surface area (Å²) in [4.78, 5) is 0. The van der Waals surface area contributed by atoms with Crippen LogP contribution in [0, 0.1) is 12.8 Å². The summed E-state index contributed by atoms with van der Waals surface area (Å²) >= 11 is 0. The van der Waals surface area contributed by atoms with Crippen LogP contribution in [0.1, 0.15) is 48.7 Å². The average Bonchev–Trinajstić information content (AvgIpc) is 3.11. The molecule has 18 heavy (non-hydrogen) atoms. The second kappa shape index (κ2) is 5.06. The van der Waals surface area contributed by atoms with E-state index in [9.17, 15) is 5.11 Å². The quantitative estimate of drug-likeness (QED) is 0.814. The highest BCUT2D eigenvalue weighted by Crippen LogP contribution is 2.32. The van der Waals surface area contributed by atoms with Crippen LogP contribution in [-0.4, -0.2) is 22.9 Å².